The van der Waals surface area contributed by atoms with Gasteiger partial charge in [-0.2, -0.15) is 0 Å². The second-order valence-corrected chi connectivity index (χ2v) is 7.82. The number of rotatable bonds is 9. The molecule has 1 aromatic heterocycles. The number of nitrogens with one attached hydrogen (secondary N) is 1. The van der Waals surface area contributed by atoms with Crippen molar-refractivity contribution in [3.63, 3.8) is 0 Å². The molecule has 0 radical (unpaired) electrons. The first-order valence-electron chi connectivity index (χ1n) is 9.61. The molecule has 0 atom stereocenters. The van der Waals surface area contributed by atoms with E-state index in [4.69, 9.17) is 0 Å². The van der Waals surface area contributed by atoms with Gasteiger partial charge in [-0.05, 0) is 49.7 Å². The molecule has 0 aliphatic heterocycles. The Bertz CT molecular complexity index is 1020. The number of carbonyl (C=O) groups is 2. The lowest BCUT2D eigenvalue weighted by Gasteiger charge is -2.11. The molecule has 1 heterocycles. The van der Waals surface area contributed by atoms with Crippen molar-refractivity contribution in [1.29, 1.82) is 0 Å². The lowest BCUT2D eigenvalue weighted by molar-refractivity contribution is -0.118. The monoisotopic (exact) mass is 426 g/mol. The first-order valence-corrected chi connectivity index (χ1v) is 10.6. The number of amides is 1. The molecule has 1 amide bonds. The number of nitrogens with zero attached hydrogens (tertiary/aromatic N) is 3. The molecule has 30 heavy (non-hydrogen) atoms. The third kappa shape index (κ3) is 5.76. The number of thioether (sulfide) groups is 1. The van der Waals surface area contributed by atoms with Gasteiger partial charge in [0.05, 0.1) is 5.75 Å². The number of ketones is 1. The molecule has 0 aliphatic rings. The van der Waals surface area contributed by atoms with Crippen LogP contribution in [-0.2, 0) is 11.2 Å². The normalized spacial score (nSPS) is 10.8. The summed E-state index contributed by atoms with van der Waals surface area (Å²) in [4.78, 5) is 23.5. The van der Waals surface area contributed by atoms with Gasteiger partial charge in [0.25, 0.3) is 0 Å². The van der Waals surface area contributed by atoms with Gasteiger partial charge in [-0.1, -0.05) is 29.5 Å². The molecule has 3 aromatic rings. The number of aromatic nitrogens is 3. The van der Waals surface area contributed by atoms with Gasteiger partial charge in [0.15, 0.2) is 10.9 Å². The Morgan fingerprint density at radius 2 is 1.77 bits per heavy atom. The average molecular weight is 427 g/mol. The van der Waals surface area contributed by atoms with Crippen molar-refractivity contribution in [3.8, 4) is 5.69 Å². The molecule has 0 saturated heterocycles. The smallest absolute Gasteiger partial charge is 0.216 e. The molecule has 156 valence electrons. The van der Waals surface area contributed by atoms with Gasteiger partial charge >= 0.3 is 0 Å². The largest absolute Gasteiger partial charge is 0.356 e. The van der Waals surface area contributed by atoms with Gasteiger partial charge in [0.1, 0.15) is 11.6 Å². The summed E-state index contributed by atoms with van der Waals surface area (Å²) >= 11 is 1.29. The van der Waals surface area contributed by atoms with E-state index in [0.717, 1.165) is 23.5 Å². The van der Waals surface area contributed by atoms with Gasteiger partial charge in [0.2, 0.25) is 5.91 Å². The van der Waals surface area contributed by atoms with Crippen LogP contribution in [0.3, 0.4) is 0 Å². The van der Waals surface area contributed by atoms with Crippen molar-refractivity contribution in [1.82, 2.24) is 20.1 Å². The summed E-state index contributed by atoms with van der Waals surface area (Å²) in [5, 5.41) is 12.0. The van der Waals surface area contributed by atoms with Crippen molar-refractivity contribution in [2.75, 3.05) is 12.3 Å². The summed E-state index contributed by atoms with van der Waals surface area (Å²) in [5.74, 6) is 0.390. The van der Waals surface area contributed by atoms with E-state index in [-0.39, 0.29) is 23.3 Å². The van der Waals surface area contributed by atoms with Crippen LogP contribution in [0.4, 0.5) is 4.39 Å². The average Bonchev–Trinajstić information content (AvgIpc) is 3.13. The van der Waals surface area contributed by atoms with Crippen LogP contribution in [0.5, 0.6) is 0 Å². The zero-order valence-corrected chi connectivity index (χ0v) is 17.7. The second-order valence-electron chi connectivity index (χ2n) is 6.88. The lowest BCUT2D eigenvalue weighted by atomic mass is 10.1. The number of carbonyl (C=O) groups excluding carboxylic acids is 2. The number of hydrogen-bond acceptors (Lipinski definition) is 5. The molecule has 8 heteroatoms. The van der Waals surface area contributed by atoms with Crippen LogP contribution in [0.15, 0.2) is 53.7 Å². The summed E-state index contributed by atoms with van der Waals surface area (Å²) in [6.45, 7) is 4.06. The molecule has 0 aliphatic carbocycles. The number of aryl methyl sites for hydroxylation is 2. The van der Waals surface area contributed by atoms with Crippen LogP contribution in [0.2, 0.25) is 0 Å². The topological polar surface area (TPSA) is 76.9 Å². The fraction of sp³-hybridized carbons (Fsp3) is 0.273. The highest BCUT2D eigenvalue weighted by molar-refractivity contribution is 7.99. The van der Waals surface area contributed by atoms with Gasteiger partial charge in [0, 0.05) is 31.1 Å². The number of hydrogen-bond donors (Lipinski definition) is 1. The number of benzene rings is 2. The highest BCUT2D eigenvalue weighted by Gasteiger charge is 2.16. The van der Waals surface area contributed by atoms with Crippen LogP contribution in [0, 0.1) is 12.7 Å². The Balaban J connectivity index is 1.77. The first-order chi connectivity index (χ1) is 14.4. The highest BCUT2D eigenvalue weighted by atomic mass is 32.2. The Morgan fingerprint density at radius 1 is 1.07 bits per heavy atom. The lowest BCUT2D eigenvalue weighted by Crippen LogP contribution is -2.21. The summed E-state index contributed by atoms with van der Waals surface area (Å²) in [6, 6.07) is 13.5. The van der Waals surface area contributed by atoms with E-state index in [1.807, 2.05) is 35.8 Å². The van der Waals surface area contributed by atoms with E-state index in [0.29, 0.717) is 23.7 Å². The standard InChI is InChI=1S/C22H23FN4O2S/c1-15-5-11-19(12-6-15)27-21(4-3-13-24-16(2)28)25-26-22(27)30-14-20(29)17-7-9-18(23)10-8-17/h5-12H,3-4,13-14H2,1-2H3,(H,24,28). The molecule has 0 fully saturated rings. The van der Waals surface area contributed by atoms with E-state index >= 15 is 0 Å². The Labute approximate surface area is 178 Å². The van der Waals surface area contributed by atoms with Crippen molar-refractivity contribution in [2.45, 2.75) is 31.8 Å². The van der Waals surface area contributed by atoms with Crippen LogP contribution >= 0.6 is 11.8 Å². The van der Waals surface area contributed by atoms with Crippen LogP contribution in [-0.4, -0.2) is 38.8 Å². The number of halogens is 1. The van der Waals surface area contributed by atoms with E-state index in [9.17, 15) is 14.0 Å². The molecule has 0 spiro atoms. The maximum Gasteiger partial charge on any atom is 0.216 e. The quantitative estimate of drug-likeness (QED) is 0.320. The Kier molecular flexibility index (Phi) is 7.35. The summed E-state index contributed by atoms with van der Waals surface area (Å²) < 4.78 is 15.0. The van der Waals surface area contributed by atoms with E-state index in [2.05, 4.69) is 15.5 Å². The fourth-order valence-electron chi connectivity index (χ4n) is 2.87. The summed E-state index contributed by atoms with van der Waals surface area (Å²) in [5.41, 5.74) is 2.51. The molecule has 6 nitrogen and oxygen atoms in total. The second kappa shape index (κ2) is 10.2. The molecular weight excluding hydrogens is 403 g/mol. The molecular formula is C22H23FN4O2S. The van der Waals surface area contributed by atoms with Crippen LogP contribution in [0.25, 0.3) is 5.69 Å². The minimum atomic E-state index is -0.373. The van der Waals surface area contributed by atoms with E-state index < -0.39 is 0 Å². The predicted molar refractivity (Wildman–Crippen MR) is 115 cm³/mol. The Morgan fingerprint density at radius 3 is 2.43 bits per heavy atom. The van der Waals surface area contributed by atoms with Gasteiger partial charge in [-0.15, -0.1) is 10.2 Å². The van der Waals surface area contributed by atoms with Crippen molar-refractivity contribution >= 4 is 23.5 Å². The third-order valence-electron chi connectivity index (χ3n) is 4.44. The molecule has 1 N–H and O–H groups in total. The van der Waals surface area contributed by atoms with Gasteiger partial charge < -0.3 is 5.32 Å². The summed E-state index contributed by atoms with van der Waals surface area (Å²) in [6.07, 6.45) is 1.36. The minimum absolute atomic E-state index is 0.0643. The van der Waals surface area contributed by atoms with Crippen molar-refractivity contribution in [3.05, 3.63) is 71.3 Å². The van der Waals surface area contributed by atoms with Crippen LogP contribution in [0.1, 0.15) is 35.1 Å². The maximum atomic E-state index is 13.1. The molecule has 2 aromatic carbocycles. The summed E-state index contributed by atoms with van der Waals surface area (Å²) in [7, 11) is 0. The maximum absolute atomic E-state index is 13.1. The van der Waals surface area contributed by atoms with E-state index in [1.54, 1.807) is 0 Å². The first kappa shape index (κ1) is 21.7. The van der Waals surface area contributed by atoms with Crippen molar-refractivity contribution in [2.24, 2.45) is 0 Å². The van der Waals surface area contributed by atoms with Crippen molar-refractivity contribution < 1.29 is 14.0 Å². The molecule has 0 saturated carbocycles. The predicted octanol–water partition coefficient (Wildman–Crippen LogP) is 3.76. The zero-order chi connectivity index (χ0) is 21.5. The third-order valence-corrected chi connectivity index (χ3v) is 5.37. The Hall–Kier alpha value is -3.00. The zero-order valence-electron chi connectivity index (χ0n) is 16.9. The molecule has 0 unspecified atom stereocenters. The van der Waals surface area contributed by atoms with Crippen LogP contribution < -0.4 is 5.32 Å². The minimum Gasteiger partial charge on any atom is -0.356 e. The van der Waals surface area contributed by atoms with E-state index in [1.165, 1.54) is 43.0 Å². The SMILES string of the molecule is CC(=O)NCCCc1nnc(SCC(=O)c2ccc(F)cc2)n1-c1ccc(C)cc1. The highest BCUT2D eigenvalue weighted by Crippen LogP contribution is 2.24. The van der Waals surface area contributed by atoms with Gasteiger partial charge in [-0.25, -0.2) is 4.39 Å². The fourth-order valence-corrected chi connectivity index (χ4v) is 3.73. The molecule has 0 bridgehead atoms. The molecule has 3 rings (SSSR count). The number of Topliss-reactive ketones (excluding diaryl/α,β-unsaturated/α-hetero) is 1. The van der Waals surface area contributed by atoms with Gasteiger partial charge in [-0.3, -0.25) is 14.2 Å².